The third-order valence-corrected chi connectivity index (χ3v) is 22.2. The van der Waals surface area contributed by atoms with Crippen LogP contribution in [0.5, 0.6) is 0 Å². The molecule has 0 bridgehead atoms. The molecule has 1 aliphatic heterocycles. The van der Waals surface area contributed by atoms with Crippen LogP contribution >= 0.6 is 0 Å². The van der Waals surface area contributed by atoms with Crippen molar-refractivity contribution in [1.29, 1.82) is 0 Å². The fourth-order valence-electron chi connectivity index (χ4n) is 8.42. The number of rotatable bonds is 19. The van der Waals surface area contributed by atoms with Gasteiger partial charge in [0.25, 0.3) is 8.32 Å². The van der Waals surface area contributed by atoms with E-state index in [1.165, 1.54) is 21.5 Å². The van der Waals surface area contributed by atoms with E-state index in [0.29, 0.717) is 26.4 Å². The lowest BCUT2D eigenvalue weighted by Gasteiger charge is -2.51. The molecule has 1 heterocycles. The van der Waals surface area contributed by atoms with Crippen molar-refractivity contribution >= 4 is 27.0 Å². The fourth-order valence-corrected chi connectivity index (χ4v) is 14.5. The molecule has 0 saturated carbocycles. The van der Waals surface area contributed by atoms with E-state index in [0.717, 1.165) is 31.2 Å². The van der Waals surface area contributed by atoms with Crippen molar-refractivity contribution in [2.24, 2.45) is 5.92 Å². The molecule has 0 spiro atoms. The Kier molecular flexibility index (Phi) is 16.4. The van der Waals surface area contributed by atoms with Crippen LogP contribution in [0.4, 0.5) is 0 Å². The molecule has 1 fully saturated rings. The first kappa shape index (κ1) is 46.9. The van der Waals surface area contributed by atoms with Crippen LogP contribution in [0.2, 0.25) is 23.2 Å². The zero-order valence-corrected chi connectivity index (χ0v) is 40.1. The van der Waals surface area contributed by atoms with Crippen LogP contribution in [0.1, 0.15) is 99.1 Å². The zero-order valence-electron chi connectivity index (χ0n) is 38.1. The van der Waals surface area contributed by atoms with Crippen molar-refractivity contribution in [3.63, 3.8) is 0 Å². The molecule has 4 aromatic carbocycles. The summed E-state index contributed by atoms with van der Waals surface area (Å²) in [6.07, 6.45) is 5.35. The Labute approximate surface area is 360 Å². The second-order valence-corrected chi connectivity index (χ2v) is 28.8. The van der Waals surface area contributed by atoms with Crippen LogP contribution in [-0.4, -0.2) is 53.8 Å². The predicted molar refractivity (Wildman–Crippen MR) is 251 cm³/mol. The molecule has 7 heteroatoms. The minimum atomic E-state index is -2.65. The maximum absolute atomic E-state index is 7.39. The van der Waals surface area contributed by atoms with Crippen molar-refractivity contribution in [2.45, 2.75) is 148 Å². The number of hydrogen-bond donors (Lipinski definition) is 0. The number of benzene rings is 4. The lowest BCUT2D eigenvalue weighted by Crippen LogP contribution is -2.66. The van der Waals surface area contributed by atoms with E-state index in [1.54, 1.807) is 0 Å². The van der Waals surface area contributed by atoms with Gasteiger partial charge in [-0.25, -0.2) is 0 Å². The number of hydrogen-bond acceptors (Lipinski definition) is 5. The number of ether oxygens (including phenoxy) is 3. The summed E-state index contributed by atoms with van der Waals surface area (Å²) in [7, 11) is -4.81. The molecule has 1 aliphatic rings. The van der Waals surface area contributed by atoms with Gasteiger partial charge in [-0.15, -0.1) is 0 Å². The summed E-state index contributed by atoms with van der Waals surface area (Å²) in [5.41, 5.74) is 3.14. The smallest absolute Gasteiger partial charge is 0.261 e. The topological polar surface area (TPSA) is 46.2 Å². The molecular formula is C52H74O5Si2. The van der Waals surface area contributed by atoms with Gasteiger partial charge in [0.15, 0.2) is 8.32 Å². The highest BCUT2D eigenvalue weighted by atomic mass is 28.4. The lowest BCUT2D eigenvalue weighted by atomic mass is 9.83. The van der Waals surface area contributed by atoms with Gasteiger partial charge in [0.1, 0.15) is 0 Å². The van der Waals surface area contributed by atoms with Crippen LogP contribution in [0, 0.1) is 5.92 Å². The molecule has 0 N–H and O–H groups in total. The van der Waals surface area contributed by atoms with E-state index in [9.17, 15) is 0 Å². The second-order valence-electron chi connectivity index (χ2n) is 19.7. The van der Waals surface area contributed by atoms with E-state index in [2.05, 4.69) is 197 Å². The lowest BCUT2D eigenvalue weighted by molar-refractivity contribution is -0.234. The Morgan fingerprint density at radius 2 is 1.27 bits per heavy atom. The highest BCUT2D eigenvalue weighted by Gasteiger charge is 2.51. The molecule has 59 heavy (non-hydrogen) atoms. The SMILES string of the molecule is C/C(=C\[C@@H](C)CO[Si](c1ccccc1)(c1ccccc1)C(C)(C)C)C[C@H]1O[C@@](C)(CCCOCc2ccccc2)[C@H](OCc2ccccc2)C[C@@H]1O[Si](C)(C)C(C)(C)C. The molecule has 4 aromatic rings. The predicted octanol–water partition coefficient (Wildman–Crippen LogP) is 12.1. The van der Waals surface area contributed by atoms with Crippen LogP contribution in [-0.2, 0) is 36.3 Å². The molecule has 0 unspecified atom stereocenters. The second kappa shape index (κ2) is 20.6. The monoisotopic (exact) mass is 835 g/mol. The Morgan fingerprint density at radius 1 is 0.763 bits per heavy atom. The maximum atomic E-state index is 7.39. The van der Waals surface area contributed by atoms with E-state index in [-0.39, 0.29) is 34.3 Å². The molecule has 0 amide bonds. The van der Waals surface area contributed by atoms with Crippen molar-refractivity contribution in [1.82, 2.24) is 0 Å². The van der Waals surface area contributed by atoms with Crippen molar-refractivity contribution in [3.05, 3.63) is 144 Å². The molecule has 0 aromatic heterocycles. The summed E-state index contributed by atoms with van der Waals surface area (Å²) in [5, 5.41) is 2.60. The summed E-state index contributed by atoms with van der Waals surface area (Å²) in [4.78, 5) is 0. The van der Waals surface area contributed by atoms with Gasteiger partial charge in [-0.2, -0.15) is 0 Å². The van der Waals surface area contributed by atoms with Crippen LogP contribution in [0.25, 0.3) is 0 Å². The molecule has 5 nitrogen and oxygen atoms in total. The van der Waals surface area contributed by atoms with Crippen molar-refractivity contribution in [3.8, 4) is 0 Å². The summed E-state index contributed by atoms with van der Waals surface area (Å²) in [6, 6.07) is 42.8. The molecule has 0 radical (unpaired) electrons. The summed E-state index contributed by atoms with van der Waals surface area (Å²) >= 11 is 0. The largest absolute Gasteiger partial charge is 0.411 e. The Balaban J connectivity index is 1.38. The first-order valence-electron chi connectivity index (χ1n) is 22.0. The van der Waals surface area contributed by atoms with E-state index >= 15 is 0 Å². The zero-order chi connectivity index (χ0) is 42.7. The highest BCUT2D eigenvalue weighted by molar-refractivity contribution is 6.99. The minimum Gasteiger partial charge on any atom is -0.411 e. The van der Waals surface area contributed by atoms with Gasteiger partial charge in [-0.05, 0) is 83.7 Å². The van der Waals surface area contributed by atoms with Gasteiger partial charge in [0.05, 0.1) is 37.1 Å². The van der Waals surface area contributed by atoms with E-state index in [4.69, 9.17) is 23.1 Å². The van der Waals surface area contributed by atoms with Gasteiger partial charge in [-0.1, -0.05) is 181 Å². The average molecular weight is 835 g/mol. The van der Waals surface area contributed by atoms with Gasteiger partial charge in [0, 0.05) is 19.6 Å². The molecule has 320 valence electrons. The van der Waals surface area contributed by atoms with Gasteiger partial charge in [0.2, 0.25) is 0 Å². The maximum Gasteiger partial charge on any atom is 0.261 e. The van der Waals surface area contributed by atoms with Gasteiger partial charge >= 0.3 is 0 Å². The van der Waals surface area contributed by atoms with Gasteiger partial charge in [-0.3, -0.25) is 0 Å². The molecular weight excluding hydrogens is 761 g/mol. The van der Waals surface area contributed by atoms with Crippen LogP contribution in [0.15, 0.2) is 133 Å². The molecule has 5 atom stereocenters. The average Bonchev–Trinajstić information content (AvgIpc) is 3.19. The minimum absolute atomic E-state index is 0.0620. The normalized spacial score (nSPS) is 21.3. The molecule has 5 rings (SSSR count). The van der Waals surface area contributed by atoms with Crippen molar-refractivity contribution < 1.29 is 23.1 Å². The molecule has 0 aliphatic carbocycles. The quantitative estimate of drug-likeness (QED) is 0.0535. The summed E-state index contributed by atoms with van der Waals surface area (Å²) in [6.45, 7) is 28.0. The van der Waals surface area contributed by atoms with Gasteiger partial charge < -0.3 is 23.1 Å². The first-order valence-corrected chi connectivity index (χ1v) is 26.8. The fraction of sp³-hybridized carbons (Fsp3) is 0.500. The Morgan fingerprint density at radius 3 is 1.78 bits per heavy atom. The third kappa shape index (κ3) is 12.5. The Hall–Kier alpha value is -3.15. The van der Waals surface area contributed by atoms with E-state index < -0.39 is 22.2 Å². The Bertz CT molecular complexity index is 1810. The summed E-state index contributed by atoms with van der Waals surface area (Å²) in [5.74, 6) is 0.204. The first-order chi connectivity index (χ1) is 27.9. The van der Waals surface area contributed by atoms with Crippen LogP contribution < -0.4 is 10.4 Å². The highest BCUT2D eigenvalue weighted by Crippen LogP contribution is 2.44. The van der Waals surface area contributed by atoms with Crippen LogP contribution in [0.3, 0.4) is 0 Å². The molecule has 1 saturated heterocycles. The van der Waals surface area contributed by atoms with Crippen molar-refractivity contribution in [2.75, 3.05) is 13.2 Å². The van der Waals surface area contributed by atoms with E-state index in [1.807, 2.05) is 6.07 Å². The summed E-state index contributed by atoms with van der Waals surface area (Å²) < 4.78 is 35.1. The standard InChI is InChI=1S/C52H74O5Si2/c1-41(35-42(2)38-55-59(51(6,7)8,45-29-20-14-21-30-45)46-31-22-15-23-32-46)36-47-48(57-58(10,11)50(3,4)5)37-49(54-40-44-27-18-13-19-28-44)52(9,56-47)33-24-34-53-39-43-25-16-12-17-26-43/h12-23,25-32,35,42,47-49H,24,33-34,36-40H2,1-11H3/b41-35+/t42-,47-,48+,49-,52+/m1/s1. The third-order valence-electron chi connectivity index (χ3n) is 12.7.